The van der Waals surface area contributed by atoms with Gasteiger partial charge in [-0.2, -0.15) is 5.26 Å². The zero-order valence-corrected chi connectivity index (χ0v) is 30.1. The number of hydrogen-bond donors (Lipinski definition) is 0. The molecule has 0 aliphatic carbocycles. The minimum atomic E-state index is -0.768. The van der Waals surface area contributed by atoms with Crippen LogP contribution in [0.5, 0.6) is 5.75 Å². The molecule has 6 rings (SSSR count). The van der Waals surface area contributed by atoms with Crippen molar-refractivity contribution in [1.82, 2.24) is 19.9 Å². The first-order chi connectivity index (χ1) is 23.9. The van der Waals surface area contributed by atoms with Crippen LogP contribution < -0.4 is 4.74 Å². The van der Waals surface area contributed by atoms with E-state index >= 15 is 0 Å². The minimum Gasteiger partial charge on any atom is -0.493 e. The number of carbonyl (C=O) groups excluding carboxylic acids is 2. The van der Waals surface area contributed by atoms with Gasteiger partial charge < -0.3 is 19.1 Å². The van der Waals surface area contributed by atoms with Crippen molar-refractivity contribution >= 4 is 41.0 Å². The highest BCUT2D eigenvalue weighted by molar-refractivity contribution is 6.30. The molecule has 0 bridgehead atoms. The van der Waals surface area contributed by atoms with Gasteiger partial charge in [-0.15, -0.1) is 0 Å². The highest BCUT2D eigenvalue weighted by Gasteiger charge is 2.45. The number of rotatable bonds is 7. The summed E-state index contributed by atoms with van der Waals surface area (Å²) in [6, 6.07) is 21.6. The second kappa shape index (κ2) is 14.2. The molecule has 12 heteroatoms. The molecule has 0 saturated carbocycles. The van der Waals surface area contributed by atoms with Gasteiger partial charge in [0.1, 0.15) is 29.0 Å². The second-order valence-corrected chi connectivity index (χ2v) is 13.8. The van der Waals surface area contributed by atoms with Gasteiger partial charge in [-0.1, -0.05) is 58.7 Å². The third kappa shape index (κ3) is 6.68. The number of aliphatic imine (C=N–C) groups is 1. The Morgan fingerprint density at radius 2 is 1.54 bits per heavy atom. The fraction of sp³-hybridized carbons (Fsp3) is 0.342. The topological polar surface area (TPSA) is 115 Å². The van der Waals surface area contributed by atoms with E-state index in [-0.39, 0.29) is 11.9 Å². The molecule has 3 aromatic carbocycles. The van der Waals surface area contributed by atoms with Gasteiger partial charge in [0.25, 0.3) is 5.91 Å². The monoisotopic (exact) mass is 712 g/mol. The number of carbonyl (C=O) groups is 2. The number of piperazine rings is 1. The van der Waals surface area contributed by atoms with Gasteiger partial charge in [0.05, 0.1) is 35.4 Å². The summed E-state index contributed by atoms with van der Waals surface area (Å²) < 4.78 is 11.4. The number of ether oxygens (including phenoxy) is 1. The predicted octanol–water partition coefficient (Wildman–Crippen LogP) is 7.92. The Labute approximate surface area is 301 Å². The average molecular weight is 714 g/mol. The summed E-state index contributed by atoms with van der Waals surface area (Å²) in [5, 5.41) is 15.0. The number of halogens is 2. The van der Waals surface area contributed by atoms with Crippen molar-refractivity contribution in [3.8, 4) is 11.8 Å². The van der Waals surface area contributed by atoms with E-state index in [1.54, 1.807) is 40.7 Å². The van der Waals surface area contributed by atoms with Gasteiger partial charge in [-0.3, -0.25) is 14.7 Å². The first kappa shape index (κ1) is 35.0. The lowest BCUT2D eigenvalue weighted by Gasteiger charge is -2.39. The van der Waals surface area contributed by atoms with E-state index in [2.05, 4.69) is 11.2 Å². The fourth-order valence-corrected chi connectivity index (χ4v) is 6.74. The van der Waals surface area contributed by atoms with Gasteiger partial charge in [-0.25, -0.2) is 4.79 Å². The van der Waals surface area contributed by atoms with Crippen molar-refractivity contribution < 1.29 is 18.8 Å². The van der Waals surface area contributed by atoms with Crippen LogP contribution in [0, 0.1) is 25.2 Å². The smallest absolute Gasteiger partial charge is 0.326 e. The number of amides is 3. The number of hydrogen-bond acceptors (Lipinski definition) is 7. The van der Waals surface area contributed by atoms with Gasteiger partial charge in [0.2, 0.25) is 0 Å². The molecule has 2 aliphatic heterocycles. The minimum absolute atomic E-state index is 0.166. The van der Waals surface area contributed by atoms with Gasteiger partial charge in [0.15, 0.2) is 0 Å². The molecule has 10 nitrogen and oxygen atoms in total. The van der Waals surface area contributed by atoms with E-state index in [9.17, 15) is 14.9 Å². The van der Waals surface area contributed by atoms with Crippen LogP contribution in [-0.2, 0) is 5.41 Å². The van der Waals surface area contributed by atoms with Crippen molar-refractivity contribution in [3.05, 3.63) is 116 Å². The summed E-state index contributed by atoms with van der Waals surface area (Å²) in [7, 11) is 0. The van der Waals surface area contributed by atoms with Crippen molar-refractivity contribution in [1.29, 1.82) is 5.26 Å². The van der Waals surface area contributed by atoms with E-state index in [0.717, 1.165) is 16.7 Å². The maximum atomic E-state index is 14.9. The molecule has 0 spiro atoms. The Morgan fingerprint density at radius 3 is 2.10 bits per heavy atom. The first-order valence-corrected chi connectivity index (χ1v) is 17.3. The summed E-state index contributed by atoms with van der Waals surface area (Å²) >= 11 is 12.6. The quantitative estimate of drug-likeness (QED) is 0.192. The highest BCUT2D eigenvalue weighted by atomic mass is 35.5. The zero-order chi connectivity index (χ0) is 35.7. The lowest BCUT2D eigenvalue weighted by Crippen LogP contribution is -2.55. The lowest BCUT2D eigenvalue weighted by atomic mass is 9.85. The normalized spacial score (nSPS) is 17.8. The van der Waals surface area contributed by atoms with Crippen LogP contribution in [0.4, 0.5) is 4.79 Å². The van der Waals surface area contributed by atoms with Gasteiger partial charge >= 0.3 is 6.03 Å². The van der Waals surface area contributed by atoms with Gasteiger partial charge in [-0.05, 0) is 87.7 Å². The molecule has 0 radical (unpaired) electrons. The summed E-state index contributed by atoms with van der Waals surface area (Å²) in [4.78, 5) is 38.9. The molecule has 1 saturated heterocycles. The molecule has 4 aromatic rings. The molecule has 0 N–H and O–H groups in total. The van der Waals surface area contributed by atoms with Crippen LogP contribution in [-0.4, -0.2) is 70.4 Å². The van der Waals surface area contributed by atoms with Crippen molar-refractivity contribution in [3.63, 3.8) is 0 Å². The van der Waals surface area contributed by atoms with Crippen LogP contribution >= 0.6 is 23.2 Å². The number of nitrogens with zero attached hydrogens (tertiary/aromatic N) is 6. The predicted molar refractivity (Wildman–Crippen MR) is 192 cm³/mol. The largest absolute Gasteiger partial charge is 0.493 e. The molecule has 2 atom stereocenters. The van der Waals surface area contributed by atoms with E-state index < -0.39 is 17.5 Å². The Balaban J connectivity index is 1.43. The Kier molecular flexibility index (Phi) is 9.92. The number of benzene rings is 3. The van der Waals surface area contributed by atoms with Crippen LogP contribution in [0.3, 0.4) is 0 Å². The van der Waals surface area contributed by atoms with Crippen LogP contribution in [0.1, 0.15) is 76.9 Å². The summed E-state index contributed by atoms with van der Waals surface area (Å²) in [5.74, 6) is 1.26. The average Bonchev–Trinajstić information content (AvgIpc) is 3.67. The Bertz CT molecular complexity index is 1960. The summed E-state index contributed by atoms with van der Waals surface area (Å²) in [6.07, 6.45) is 0. The highest BCUT2D eigenvalue weighted by Crippen LogP contribution is 2.46. The molecule has 258 valence electrons. The van der Waals surface area contributed by atoms with Crippen LogP contribution in [0.25, 0.3) is 0 Å². The van der Waals surface area contributed by atoms with E-state index in [1.807, 2.05) is 75.4 Å². The Morgan fingerprint density at radius 1 is 0.940 bits per heavy atom. The Hall–Kier alpha value is -4.85. The maximum Gasteiger partial charge on any atom is 0.326 e. The zero-order valence-electron chi connectivity index (χ0n) is 28.6. The molecule has 1 fully saturated rings. The molecule has 3 heterocycles. The van der Waals surface area contributed by atoms with Crippen molar-refractivity contribution in [2.75, 3.05) is 32.8 Å². The molecule has 0 unspecified atom stereocenters. The van der Waals surface area contributed by atoms with E-state index in [0.29, 0.717) is 77.0 Å². The van der Waals surface area contributed by atoms with Crippen molar-refractivity contribution in [2.24, 2.45) is 4.99 Å². The third-order valence-corrected chi connectivity index (χ3v) is 9.81. The summed E-state index contributed by atoms with van der Waals surface area (Å²) in [5.41, 5.74) is 3.35. The molecule has 1 aromatic heterocycles. The standard InChI is InChI=1S/C38H38Cl2N6O4/c1-6-49-31-21-27(38(4,5)22-41)11-16-30(31)35-42-33(25-7-12-28(39)13-8-25)34(26-9-14-29(40)15-10-26)46(35)37(48)45-19-17-44(18-20-45)36(47)32-23(2)43-50-24(32)3/h7-16,21,33-34H,6,17-20H2,1-5H3/t33-,34+/m0/s1. The number of nitriles is 1. The SMILES string of the molecule is CCOc1cc(C(C)(C)C#N)ccc1C1=N[C@@H](c2ccc(Cl)cc2)[C@@H](c2ccc(Cl)cc2)N1C(=O)N1CCN(C(=O)c2c(C)noc2C)CC1. The summed E-state index contributed by atoms with van der Waals surface area (Å²) in [6.45, 7) is 10.7. The molecule has 2 aliphatic rings. The van der Waals surface area contributed by atoms with E-state index in [1.165, 1.54) is 0 Å². The lowest BCUT2D eigenvalue weighted by molar-refractivity contribution is 0.0644. The van der Waals surface area contributed by atoms with E-state index in [4.69, 9.17) is 37.5 Å². The number of urea groups is 1. The van der Waals surface area contributed by atoms with Gasteiger partial charge in [0, 0.05) is 36.2 Å². The van der Waals surface area contributed by atoms with Crippen LogP contribution in [0.15, 0.2) is 76.2 Å². The molecular formula is C38H38Cl2N6O4. The molecule has 3 amide bonds. The molecule has 50 heavy (non-hydrogen) atoms. The van der Waals surface area contributed by atoms with Crippen LogP contribution in [0.2, 0.25) is 10.0 Å². The molecular weight excluding hydrogens is 675 g/mol. The second-order valence-electron chi connectivity index (χ2n) is 13.0. The first-order valence-electron chi connectivity index (χ1n) is 16.5. The number of aromatic nitrogens is 1. The maximum absolute atomic E-state index is 14.9. The van der Waals surface area contributed by atoms with Crippen molar-refractivity contribution in [2.45, 2.75) is 52.1 Å². The number of aryl methyl sites for hydroxylation is 2. The third-order valence-electron chi connectivity index (χ3n) is 9.30. The number of amidine groups is 1. The fourth-order valence-electron chi connectivity index (χ4n) is 6.49.